The summed E-state index contributed by atoms with van der Waals surface area (Å²) in [5, 5.41) is 4.20. The van der Waals surface area contributed by atoms with Gasteiger partial charge in [0, 0.05) is 29.6 Å². The summed E-state index contributed by atoms with van der Waals surface area (Å²) in [5.41, 5.74) is 1.84. The van der Waals surface area contributed by atoms with Gasteiger partial charge >= 0.3 is 0 Å². The van der Waals surface area contributed by atoms with Crippen LogP contribution in [0, 0.1) is 0 Å². The van der Waals surface area contributed by atoms with Crippen LogP contribution in [0.2, 0.25) is 10.0 Å². The van der Waals surface area contributed by atoms with Gasteiger partial charge in [0.2, 0.25) is 5.91 Å². The molecule has 0 bridgehead atoms. The van der Waals surface area contributed by atoms with Crippen molar-refractivity contribution in [1.29, 1.82) is 0 Å². The molecule has 3 aromatic carbocycles. The predicted molar refractivity (Wildman–Crippen MR) is 141 cm³/mol. The average Bonchev–Trinajstić information content (AvgIpc) is 2.87. The summed E-state index contributed by atoms with van der Waals surface area (Å²) in [5.74, 6) is 0.0544. The Morgan fingerprint density at radius 1 is 0.886 bits per heavy atom. The van der Waals surface area contributed by atoms with E-state index in [1.165, 1.54) is 0 Å². The third kappa shape index (κ3) is 8.61. The van der Waals surface area contributed by atoms with E-state index in [-0.39, 0.29) is 25.0 Å². The number of unbranched alkanes of at least 4 members (excludes halogenated alkanes) is 1. The van der Waals surface area contributed by atoms with E-state index < -0.39 is 6.04 Å². The zero-order valence-corrected chi connectivity index (χ0v) is 21.3. The van der Waals surface area contributed by atoms with Gasteiger partial charge in [0.1, 0.15) is 11.8 Å². The van der Waals surface area contributed by atoms with Gasteiger partial charge in [-0.1, -0.05) is 79.0 Å². The van der Waals surface area contributed by atoms with Crippen molar-refractivity contribution in [2.45, 2.75) is 38.8 Å². The Balaban J connectivity index is 1.86. The second kappa shape index (κ2) is 13.8. The van der Waals surface area contributed by atoms with Gasteiger partial charge in [0.25, 0.3) is 5.91 Å². The van der Waals surface area contributed by atoms with Crippen molar-refractivity contribution in [3.63, 3.8) is 0 Å². The van der Waals surface area contributed by atoms with Gasteiger partial charge in [0.05, 0.1) is 0 Å². The fourth-order valence-electron chi connectivity index (χ4n) is 3.61. The Labute approximate surface area is 217 Å². The molecule has 0 aromatic heterocycles. The normalized spacial score (nSPS) is 11.5. The first kappa shape index (κ1) is 26.6. The van der Waals surface area contributed by atoms with Crippen molar-refractivity contribution in [1.82, 2.24) is 10.2 Å². The molecule has 1 N–H and O–H groups in total. The Morgan fingerprint density at radius 3 is 2.14 bits per heavy atom. The van der Waals surface area contributed by atoms with Crippen molar-refractivity contribution >= 4 is 35.0 Å². The molecule has 0 fully saturated rings. The third-order valence-electron chi connectivity index (χ3n) is 5.54. The first-order valence-electron chi connectivity index (χ1n) is 11.7. The maximum absolute atomic E-state index is 13.5. The highest BCUT2D eigenvalue weighted by Gasteiger charge is 2.30. The lowest BCUT2D eigenvalue weighted by Gasteiger charge is -2.31. The monoisotopic (exact) mass is 512 g/mol. The molecule has 1 unspecified atom stereocenters. The highest BCUT2D eigenvalue weighted by molar-refractivity contribution is 6.30. The predicted octanol–water partition coefficient (Wildman–Crippen LogP) is 5.93. The fraction of sp³-hybridized carbons (Fsp3) is 0.286. The lowest BCUT2D eigenvalue weighted by atomic mass is 10.0. The number of hydrogen-bond donors (Lipinski definition) is 1. The van der Waals surface area contributed by atoms with E-state index in [0.29, 0.717) is 28.8 Å². The van der Waals surface area contributed by atoms with Crippen molar-refractivity contribution in [3.05, 3.63) is 100 Å². The number of rotatable bonds is 12. The summed E-state index contributed by atoms with van der Waals surface area (Å²) in [6, 6.07) is 23.1. The molecule has 0 radical (unpaired) electrons. The number of benzene rings is 3. The number of amides is 2. The van der Waals surface area contributed by atoms with Crippen LogP contribution in [0.25, 0.3) is 0 Å². The maximum atomic E-state index is 13.5. The number of nitrogens with one attached hydrogen (secondary N) is 1. The van der Waals surface area contributed by atoms with E-state index >= 15 is 0 Å². The number of hydrogen-bond acceptors (Lipinski definition) is 3. The van der Waals surface area contributed by atoms with E-state index in [0.717, 1.165) is 24.0 Å². The second-order valence-electron chi connectivity index (χ2n) is 8.24. The summed E-state index contributed by atoms with van der Waals surface area (Å²) in [6.45, 7) is 2.67. The molecule has 0 aliphatic rings. The third-order valence-corrected chi connectivity index (χ3v) is 6.05. The largest absolute Gasteiger partial charge is 0.484 e. The first-order chi connectivity index (χ1) is 17.0. The topological polar surface area (TPSA) is 58.6 Å². The minimum Gasteiger partial charge on any atom is -0.484 e. The van der Waals surface area contributed by atoms with E-state index in [4.69, 9.17) is 27.9 Å². The molecule has 7 heteroatoms. The van der Waals surface area contributed by atoms with Gasteiger partial charge in [-0.15, -0.1) is 0 Å². The van der Waals surface area contributed by atoms with Crippen LogP contribution in [0.4, 0.5) is 0 Å². The molecular weight excluding hydrogens is 483 g/mol. The number of nitrogens with zero attached hydrogens (tertiary/aromatic N) is 1. The maximum Gasteiger partial charge on any atom is 0.261 e. The molecule has 5 nitrogen and oxygen atoms in total. The van der Waals surface area contributed by atoms with Crippen molar-refractivity contribution in [2.24, 2.45) is 0 Å². The van der Waals surface area contributed by atoms with Gasteiger partial charge in [-0.3, -0.25) is 9.59 Å². The van der Waals surface area contributed by atoms with Gasteiger partial charge < -0.3 is 15.0 Å². The zero-order chi connectivity index (χ0) is 25.0. The summed E-state index contributed by atoms with van der Waals surface area (Å²) in [4.78, 5) is 28.4. The van der Waals surface area contributed by atoms with Gasteiger partial charge in [-0.05, 0) is 53.9 Å². The Morgan fingerprint density at radius 2 is 1.51 bits per heavy atom. The second-order valence-corrected chi connectivity index (χ2v) is 9.11. The standard InChI is InChI=1S/C28H30Cl2N2O3/c1-2-3-17-31-28(34)26(18-21-7-5-4-6-8-21)32(19-22-9-11-23(29)12-10-22)27(33)20-35-25-15-13-24(30)14-16-25/h4-16,26H,2-3,17-20H2,1H3,(H,31,34). The number of ether oxygens (including phenoxy) is 1. The summed E-state index contributed by atoms with van der Waals surface area (Å²) >= 11 is 12.0. The lowest BCUT2D eigenvalue weighted by Crippen LogP contribution is -2.51. The summed E-state index contributed by atoms with van der Waals surface area (Å²) in [7, 11) is 0. The summed E-state index contributed by atoms with van der Waals surface area (Å²) < 4.78 is 5.74. The van der Waals surface area contributed by atoms with Crippen LogP contribution in [-0.4, -0.2) is 35.9 Å². The first-order valence-corrected chi connectivity index (χ1v) is 12.5. The minimum absolute atomic E-state index is 0.184. The quantitative estimate of drug-likeness (QED) is 0.306. The van der Waals surface area contributed by atoms with Crippen LogP contribution in [0.1, 0.15) is 30.9 Å². The Bertz CT molecular complexity index is 1070. The highest BCUT2D eigenvalue weighted by Crippen LogP contribution is 2.19. The Kier molecular flexibility index (Phi) is 10.5. The molecule has 0 aliphatic carbocycles. The molecule has 0 spiro atoms. The number of carbonyl (C=O) groups excluding carboxylic acids is 2. The molecule has 35 heavy (non-hydrogen) atoms. The minimum atomic E-state index is -0.703. The fourth-order valence-corrected chi connectivity index (χ4v) is 3.86. The van der Waals surface area contributed by atoms with Crippen LogP contribution < -0.4 is 10.1 Å². The summed E-state index contributed by atoms with van der Waals surface area (Å²) in [6.07, 6.45) is 2.22. The van der Waals surface area contributed by atoms with Crippen LogP contribution in [0.5, 0.6) is 5.75 Å². The van der Waals surface area contributed by atoms with Crippen molar-refractivity contribution in [2.75, 3.05) is 13.2 Å². The smallest absolute Gasteiger partial charge is 0.261 e. The molecule has 184 valence electrons. The molecule has 0 heterocycles. The van der Waals surface area contributed by atoms with Gasteiger partial charge in [-0.25, -0.2) is 0 Å². The van der Waals surface area contributed by atoms with Crippen LogP contribution in [0.15, 0.2) is 78.9 Å². The Hall–Kier alpha value is -3.02. The van der Waals surface area contributed by atoms with E-state index in [1.54, 1.807) is 41.3 Å². The number of carbonyl (C=O) groups is 2. The van der Waals surface area contributed by atoms with Crippen LogP contribution in [-0.2, 0) is 22.6 Å². The number of halogens is 2. The van der Waals surface area contributed by atoms with Crippen molar-refractivity contribution < 1.29 is 14.3 Å². The molecular formula is C28H30Cl2N2O3. The molecule has 1 atom stereocenters. The average molecular weight is 513 g/mol. The molecule has 0 aliphatic heterocycles. The molecule has 0 saturated heterocycles. The SMILES string of the molecule is CCCCNC(=O)C(Cc1ccccc1)N(Cc1ccc(Cl)cc1)C(=O)COc1ccc(Cl)cc1. The van der Waals surface area contributed by atoms with Crippen LogP contribution in [0.3, 0.4) is 0 Å². The van der Waals surface area contributed by atoms with Crippen molar-refractivity contribution in [3.8, 4) is 5.75 Å². The highest BCUT2D eigenvalue weighted by atomic mass is 35.5. The van der Waals surface area contributed by atoms with Gasteiger partial charge in [-0.2, -0.15) is 0 Å². The zero-order valence-electron chi connectivity index (χ0n) is 19.8. The van der Waals surface area contributed by atoms with Crippen LogP contribution >= 0.6 is 23.2 Å². The molecule has 0 saturated carbocycles. The molecule has 3 aromatic rings. The van der Waals surface area contributed by atoms with E-state index in [9.17, 15) is 9.59 Å². The van der Waals surface area contributed by atoms with E-state index in [2.05, 4.69) is 12.2 Å². The van der Waals surface area contributed by atoms with Gasteiger partial charge in [0.15, 0.2) is 6.61 Å². The lowest BCUT2D eigenvalue weighted by molar-refractivity contribution is -0.142. The molecule has 2 amide bonds. The van der Waals surface area contributed by atoms with E-state index in [1.807, 2.05) is 42.5 Å². The molecule has 3 rings (SSSR count).